The van der Waals surface area contributed by atoms with Gasteiger partial charge in [0.25, 0.3) is 11.8 Å². The second-order valence-electron chi connectivity index (χ2n) is 7.02. The van der Waals surface area contributed by atoms with Crippen LogP contribution in [0.3, 0.4) is 0 Å². The predicted molar refractivity (Wildman–Crippen MR) is 104 cm³/mol. The summed E-state index contributed by atoms with van der Waals surface area (Å²) >= 11 is 0. The molecular formula is C20H27N3O5. The van der Waals surface area contributed by atoms with Gasteiger partial charge in [-0.15, -0.1) is 0 Å². The minimum atomic E-state index is -1.02. The van der Waals surface area contributed by atoms with E-state index in [-0.39, 0.29) is 0 Å². The molecule has 1 heterocycles. The number of ether oxygens (including phenoxy) is 1. The number of esters is 1. The molecule has 1 aliphatic heterocycles. The molecule has 1 aliphatic rings. The van der Waals surface area contributed by atoms with Crippen LogP contribution in [-0.2, 0) is 25.5 Å². The molecule has 1 atom stereocenters. The Hall–Kier alpha value is -2.90. The molecule has 8 nitrogen and oxygen atoms in total. The first-order valence-electron chi connectivity index (χ1n) is 9.47. The standard InChI is InChI=1S/C20H27N3O5/c1-4-6-7-14-8-10-15(11-9-14)21-16(24)13-28-17(25)12-23-18(26)20(3,5-2)22-19(23)27/h8-11H,4-7,12-13H2,1-3H3,(H,21,24)(H,22,27)/t20-/m1/s1. The summed E-state index contributed by atoms with van der Waals surface area (Å²) in [5.41, 5.74) is 0.783. The first-order valence-corrected chi connectivity index (χ1v) is 9.47. The molecule has 0 unspecified atom stereocenters. The van der Waals surface area contributed by atoms with Crippen molar-refractivity contribution in [2.24, 2.45) is 0 Å². The van der Waals surface area contributed by atoms with Crippen LogP contribution in [0.4, 0.5) is 10.5 Å². The first kappa shape index (κ1) is 21.4. The molecule has 0 aliphatic carbocycles. The maximum Gasteiger partial charge on any atom is 0.326 e. The van der Waals surface area contributed by atoms with E-state index in [1.807, 2.05) is 12.1 Å². The second-order valence-corrected chi connectivity index (χ2v) is 7.02. The third kappa shape index (κ3) is 5.31. The Morgan fingerprint density at radius 1 is 1.18 bits per heavy atom. The van der Waals surface area contributed by atoms with Gasteiger partial charge in [0.1, 0.15) is 12.1 Å². The van der Waals surface area contributed by atoms with Crippen molar-refractivity contribution >= 4 is 29.5 Å². The van der Waals surface area contributed by atoms with Crippen molar-refractivity contribution in [2.75, 3.05) is 18.5 Å². The highest BCUT2D eigenvalue weighted by Gasteiger charge is 2.47. The van der Waals surface area contributed by atoms with Crippen molar-refractivity contribution in [2.45, 2.75) is 52.0 Å². The van der Waals surface area contributed by atoms with Gasteiger partial charge < -0.3 is 15.4 Å². The zero-order valence-electron chi connectivity index (χ0n) is 16.5. The number of hydrogen-bond acceptors (Lipinski definition) is 5. The third-order valence-electron chi connectivity index (χ3n) is 4.76. The molecule has 8 heteroatoms. The van der Waals surface area contributed by atoms with Crippen molar-refractivity contribution in [3.63, 3.8) is 0 Å². The van der Waals surface area contributed by atoms with Crippen LogP contribution in [-0.4, -0.2) is 47.4 Å². The van der Waals surface area contributed by atoms with Crippen LogP contribution in [0.1, 0.15) is 45.6 Å². The number of carbonyl (C=O) groups excluding carboxylic acids is 4. The van der Waals surface area contributed by atoms with Crippen molar-refractivity contribution < 1.29 is 23.9 Å². The molecule has 1 saturated heterocycles. The monoisotopic (exact) mass is 389 g/mol. The summed E-state index contributed by atoms with van der Waals surface area (Å²) in [6.45, 7) is 4.47. The summed E-state index contributed by atoms with van der Waals surface area (Å²) in [5.74, 6) is -1.80. The molecule has 0 saturated carbocycles. The minimum Gasteiger partial charge on any atom is -0.454 e. The molecule has 2 N–H and O–H groups in total. The van der Waals surface area contributed by atoms with E-state index in [4.69, 9.17) is 4.74 Å². The molecule has 0 spiro atoms. The summed E-state index contributed by atoms with van der Waals surface area (Å²) in [6.07, 6.45) is 3.62. The first-order chi connectivity index (χ1) is 13.3. The molecule has 152 valence electrons. The Morgan fingerprint density at radius 3 is 2.43 bits per heavy atom. The lowest BCUT2D eigenvalue weighted by molar-refractivity contribution is -0.150. The summed E-state index contributed by atoms with van der Waals surface area (Å²) in [6, 6.07) is 6.84. The molecule has 1 aromatic carbocycles. The maximum absolute atomic E-state index is 12.2. The van der Waals surface area contributed by atoms with Gasteiger partial charge in [0.05, 0.1) is 0 Å². The summed E-state index contributed by atoms with van der Waals surface area (Å²) in [7, 11) is 0. The number of aryl methyl sites for hydroxylation is 1. The van der Waals surface area contributed by atoms with Gasteiger partial charge in [0.2, 0.25) is 0 Å². The van der Waals surface area contributed by atoms with Gasteiger partial charge in [0.15, 0.2) is 6.61 Å². The maximum atomic E-state index is 12.2. The Morgan fingerprint density at radius 2 is 1.86 bits per heavy atom. The average molecular weight is 389 g/mol. The largest absolute Gasteiger partial charge is 0.454 e. The van der Waals surface area contributed by atoms with E-state index >= 15 is 0 Å². The Kier molecular flexibility index (Phi) is 7.14. The Bertz CT molecular complexity index is 747. The number of carbonyl (C=O) groups is 4. The van der Waals surface area contributed by atoms with Crippen molar-refractivity contribution in [1.82, 2.24) is 10.2 Å². The van der Waals surface area contributed by atoms with Crippen molar-refractivity contribution in [1.29, 1.82) is 0 Å². The minimum absolute atomic E-state index is 0.406. The second kappa shape index (κ2) is 9.34. The van der Waals surface area contributed by atoms with E-state index in [1.165, 1.54) is 5.56 Å². The van der Waals surface area contributed by atoms with Gasteiger partial charge in [-0.05, 0) is 43.9 Å². The van der Waals surface area contributed by atoms with E-state index in [1.54, 1.807) is 26.0 Å². The molecule has 1 fully saturated rings. The number of nitrogens with zero attached hydrogens (tertiary/aromatic N) is 1. The third-order valence-corrected chi connectivity index (χ3v) is 4.76. The number of unbranched alkanes of at least 4 members (excludes halogenated alkanes) is 1. The zero-order valence-corrected chi connectivity index (χ0v) is 16.5. The van der Waals surface area contributed by atoms with E-state index in [0.29, 0.717) is 12.1 Å². The topological polar surface area (TPSA) is 105 Å². The van der Waals surface area contributed by atoms with Crippen LogP contribution < -0.4 is 10.6 Å². The van der Waals surface area contributed by atoms with E-state index in [9.17, 15) is 19.2 Å². The smallest absolute Gasteiger partial charge is 0.326 e. The number of amides is 4. The van der Waals surface area contributed by atoms with E-state index in [2.05, 4.69) is 17.6 Å². The van der Waals surface area contributed by atoms with Crippen LogP contribution in [0.5, 0.6) is 0 Å². The number of imide groups is 1. The molecule has 2 rings (SSSR count). The highest BCUT2D eigenvalue weighted by molar-refractivity contribution is 6.08. The van der Waals surface area contributed by atoms with E-state index < -0.39 is 42.5 Å². The van der Waals surface area contributed by atoms with Gasteiger partial charge in [0, 0.05) is 5.69 Å². The van der Waals surface area contributed by atoms with E-state index in [0.717, 1.165) is 24.2 Å². The molecule has 0 radical (unpaired) electrons. The molecular weight excluding hydrogens is 362 g/mol. The van der Waals surface area contributed by atoms with Crippen LogP contribution in [0, 0.1) is 0 Å². The van der Waals surface area contributed by atoms with Gasteiger partial charge in [-0.3, -0.25) is 19.3 Å². The number of rotatable bonds is 9. The SMILES string of the molecule is CCCCc1ccc(NC(=O)COC(=O)CN2C(=O)N[C@](C)(CC)C2=O)cc1. The van der Waals surface area contributed by atoms with Gasteiger partial charge in [-0.25, -0.2) is 4.79 Å². The number of benzene rings is 1. The fraction of sp³-hybridized carbons (Fsp3) is 0.500. The summed E-state index contributed by atoms with van der Waals surface area (Å²) < 4.78 is 4.89. The Balaban J connectivity index is 1.79. The van der Waals surface area contributed by atoms with Crippen LogP contribution >= 0.6 is 0 Å². The lowest BCUT2D eigenvalue weighted by atomic mass is 9.99. The highest BCUT2D eigenvalue weighted by Crippen LogP contribution is 2.20. The van der Waals surface area contributed by atoms with Gasteiger partial charge >= 0.3 is 12.0 Å². The lowest BCUT2D eigenvalue weighted by Crippen LogP contribution is -2.43. The van der Waals surface area contributed by atoms with Crippen LogP contribution in [0.25, 0.3) is 0 Å². The number of anilines is 1. The predicted octanol–water partition coefficient (Wildman–Crippen LogP) is 2.23. The van der Waals surface area contributed by atoms with Crippen molar-refractivity contribution in [3.05, 3.63) is 29.8 Å². The Labute approximate surface area is 164 Å². The quantitative estimate of drug-likeness (QED) is 0.498. The molecule has 4 amide bonds. The van der Waals surface area contributed by atoms with Crippen LogP contribution in [0.15, 0.2) is 24.3 Å². The fourth-order valence-corrected chi connectivity index (χ4v) is 2.78. The normalized spacial score (nSPS) is 18.8. The molecule has 28 heavy (non-hydrogen) atoms. The zero-order chi connectivity index (χ0) is 20.7. The van der Waals surface area contributed by atoms with Gasteiger partial charge in [-0.1, -0.05) is 32.4 Å². The van der Waals surface area contributed by atoms with Crippen molar-refractivity contribution in [3.8, 4) is 0 Å². The molecule has 0 aromatic heterocycles. The average Bonchev–Trinajstić information content (AvgIpc) is 2.89. The lowest BCUT2D eigenvalue weighted by Gasteiger charge is -2.18. The fourth-order valence-electron chi connectivity index (χ4n) is 2.78. The number of hydrogen-bond donors (Lipinski definition) is 2. The number of urea groups is 1. The molecule has 0 bridgehead atoms. The van der Waals surface area contributed by atoms with Crippen LogP contribution in [0.2, 0.25) is 0 Å². The van der Waals surface area contributed by atoms with Gasteiger partial charge in [-0.2, -0.15) is 0 Å². The number of nitrogens with one attached hydrogen (secondary N) is 2. The molecule has 1 aromatic rings. The summed E-state index contributed by atoms with van der Waals surface area (Å²) in [5, 5.41) is 5.19. The highest BCUT2D eigenvalue weighted by atomic mass is 16.5. The summed E-state index contributed by atoms with van der Waals surface area (Å²) in [4.78, 5) is 48.8.